The lowest BCUT2D eigenvalue weighted by atomic mass is 9.97. The molecule has 49 heavy (non-hydrogen) atoms. The first kappa shape index (κ1) is 37.2. The number of morpholine rings is 1. The van der Waals surface area contributed by atoms with Crippen molar-refractivity contribution in [1.82, 2.24) is 9.80 Å². The van der Waals surface area contributed by atoms with E-state index in [2.05, 4.69) is 23.1 Å². The number of hydrogen-bond donors (Lipinski definition) is 1. The largest absolute Gasteiger partial charge is 0.490 e. The van der Waals surface area contributed by atoms with E-state index in [-0.39, 0.29) is 24.4 Å². The maximum Gasteiger partial charge on any atom is 0.227 e. The molecule has 3 aromatic carbocycles. The molecule has 1 amide bonds. The maximum atomic E-state index is 14.0. The first-order chi connectivity index (χ1) is 23.8. The van der Waals surface area contributed by atoms with Crippen LogP contribution in [0.1, 0.15) is 41.5 Å². The first-order valence-electron chi connectivity index (χ1n) is 17.2. The number of aryl methyl sites for hydroxylation is 2. The second-order valence-electron chi connectivity index (χ2n) is 12.8. The van der Waals surface area contributed by atoms with E-state index < -0.39 is 0 Å². The zero-order valence-electron chi connectivity index (χ0n) is 28.6. The molecule has 0 bridgehead atoms. The minimum atomic E-state index is -0.327. The summed E-state index contributed by atoms with van der Waals surface area (Å²) in [6.07, 6.45) is 4.36. The number of hydrogen-bond acceptors (Lipinski definition) is 8. The Bertz CT molecular complexity index is 1470. The molecule has 0 radical (unpaired) electrons. The maximum absolute atomic E-state index is 14.0. The molecule has 5 rings (SSSR count). The van der Waals surface area contributed by atoms with Gasteiger partial charge in [-0.15, -0.1) is 0 Å². The summed E-state index contributed by atoms with van der Waals surface area (Å²) in [5.41, 5.74) is 10.5. The van der Waals surface area contributed by atoms with Crippen molar-refractivity contribution >= 4 is 29.1 Å². The quantitative estimate of drug-likeness (QED) is 0.144. The van der Waals surface area contributed by atoms with Crippen molar-refractivity contribution in [3.63, 3.8) is 0 Å². The Morgan fingerprint density at radius 3 is 2.29 bits per heavy atom. The molecule has 2 N–H and O–H groups in total. The summed E-state index contributed by atoms with van der Waals surface area (Å²) < 4.78 is 28.7. The highest BCUT2D eigenvalue weighted by atomic mass is 35.5. The van der Waals surface area contributed by atoms with Crippen molar-refractivity contribution in [3.8, 4) is 17.2 Å². The Morgan fingerprint density at radius 2 is 1.61 bits per heavy atom. The van der Waals surface area contributed by atoms with E-state index in [1.54, 1.807) is 7.11 Å². The molecule has 0 spiro atoms. The number of rotatable bonds is 19. The number of halogens is 2. The molecule has 1 heterocycles. The standard InChI is InChI=1S/C38H49Cl2N3O6/c1-27-18-35(39)37(36(40)19-27)48-17-16-47-33-9-5-28(6-10-33)21-31(24-41)38(44)43(32-7-8-32)25-30-20-29(4-3-13-45-2)22-34(23-30)49-26-42-11-14-46-15-12-42/h5-6,9-10,18-20,22-23,31-32H,3-4,7-8,11-17,21,24-26,41H2,1-2H3. The van der Waals surface area contributed by atoms with Crippen LogP contribution in [0.5, 0.6) is 17.2 Å². The normalized spacial score (nSPS) is 15.5. The van der Waals surface area contributed by atoms with Gasteiger partial charge in [0.05, 0.1) is 29.2 Å². The van der Waals surface area contributed by atoms with Crippen LogP contribution in [0.4, 0.5) is 0 Å². The Hall–Kier alpha value is -3.05. The lowest BCUT2D eigenvalue weighted by Gasteiger charge is -2.28. The first-order valence-corrected chi connectivity index (χ1v) is 17.9. The van der Waals surface area contributed by atoms with Gasteiger partial charge in [0, 0.05) is 45.9 Å². The lowest BCUT2D eigenvalue weighted by molar-refractivity contribution is -0.136. The third-order valence-electron chi connectivity index (χ3n) is 8.76. The zero-order valence-corrected chi connectivity index (χ0v) is 30.1. The van der Waals surface area contributed by atoms with Crippen LogP contribution in [-0.4, -0.2) is 88.3 Å². The summed E-state index contributed by atoms with van der Waals surface area (Å²) in [4.78, 5) is 18.3. The van der Waals surface area contributed by atoms with Crippen LogP contribution in [0.25, 0.3) is 0 Å². The molecule has 0 aromatic heterocycles. The van der Waals surface area contributed by atoms with Crippen LogP contribution in [0.15, 0.2) is 54.6 Å². The number of ether oxygens (including phenoxy) is 5. The van der Waals surface area contributed by atoms with Crippen molar-refractivity contribution in [2.45, 2.75) is 51.6 Å². The number of methoxy groups -OCH3 is 1. The molecule has 3 aromatic rings. The van der Waals surface area contributed by atoms with Gasteiger partial charge < -0.3 is 34.3 Å². The van der Waals surface area contributed by atoms with Crippen LogP contribution in [0.2, 0.25) is 10.0 Å². The number of carbonyl (C=O) groups is 1. The Morgan fingerprint density at radius 1 is 0.918 bits per heavy atom. The second kappa shape index (κ2) is 18.8. The van der Waals surface area contributed by atoms with Gasteiger partial charge in [-0.2, -0.15) is 0 Å². The van der Waals surface area contributed by atoms with Gasteiger partial charge in [0.2, 0.25) is 5.91 Å². The number of nitrogens with two attached hydrogens (primary N) is 1. The topological polar surface area (TPSA) is 95.7 Å². The van der Waals surface area contributed by atoms with Crippen LogP contribution in [0.3, 0.4) is 0 Å². The molecule has 2 aliphatic rings. The molecule has 9 nitrogen and oxygen atoms in total. The molecule has 266 valence electrons. The monoisotopic (exact) mass is 713 g/mol. The Balaban J connectivity index is 1.18. The summed E-state index contributed by atoms with van der Waals surface area (Å²) >= 11 is 12.5. The van der Waals surface area contributed by atoms with Crippen molar-refractivity contribution in [3.05, 3.63) is 86.9 Å². The highest BCUT2D eigenvalue weighted by molar-refractivity contribution is 6.37. The SMILES string of the molecule is COCCCc1cc(CN(C(=O)C(CN)Cc2ccc(OCCOc3c(Cl)cc(C)cc3Cl)cc2)C2CC2)cc(OCN2CCOCC2)c1. The Kier molecular flexibility index (Phi) is 14.3. The van der Waals surface area contributed by atoms with Gasteiger partial charge in [-0.1, -0.05) is 41.4 Å². The van der Waals surface area contributed by atoms with E-state index in [9.17, 15) is 4.79 Å². The van der Waals surface area contributed by atoms with Crippen LogP contribution in [0, 0.1) is 12.8 Å². The van der Waals surface area contributed by atoms with Crippen molar-refractivity contribution in [1.29, 1.82) is 0 Å². The lowest BCUT2D eigenvalue weighted by Crippen LogP contribution is -2.41. The van der Waals surface area contributed by atoms with Gasteiger partial charge in [0.15, 0.2) is 5.75 Å². The number of amides is 1. The van der Waals surface area contributed by atoms with E-state index in [0.29, 0.717) is 61.1 Å². The Labute approximate surface area is 300 Å². The molecule has 1 aliphatic heterocycles. The van der Waals surface area contributed by atoms with Gasteiger partial charge in [-0.05, 0) is 97.7 Å². The number of carbonyl (C=O) groups excluding carboxylic acids is 1. The van der Waals surface area contributed by atoms with E-state index in [0.717, 1.165) is 74.4 Å². The van der Waals surface area contributed by atoms with Gasteiger partial charge in [0.1, 0.15) is 31.4 Å². The van der Waals surface area contributed by atoms with Gasteiger partial charge >= 0.3 is 0 Å². The van der Waals surface area contributed by atoms with Crippen molar-refractivity contribution in [2.75, 3.05) is 66.5 Å². The zero-order chi connectivity index (χ0) is 34.6. The summed E-state index contributed by atoms with van der Waals surface area (Å²) in [5, 5.41) is 0.951. The summed E-state index contributed by atoms with van der Waals surface area (Å²) in [5.74, 6) is 1.76. The summed E-state index contributed by atoms with van der Waals surface area (Å²) in [6, 6.07) is 18.0. The minimum absolute atomic E-state index is 0.0940. The van der Waals surface area contributed by atoms with Gasteiger partial charge in [-0.3, -0.25) is 9.69 Å². The summed E-state index contributed by atoms with van der Waals surface area (Å²) in [6.45, 7) is 7.71. The molecule has 1 saturated heterocycles. The molecular weight excluding hydrogens is 665 g/mol. The van der Waals surface area contributed by atoms with Crippen molar-refractivity contribution < 1.29 is 28.5 Å². The molecular formula is C38H49Cl2N3O6. The minimum Gasteiger partial charge on any atom is -0.490 e. The van der Waals surface area contributed by atoms with Crippen LogP contribution < -0.4 is 19.9 Å². The molecule has 11 heteroatoms. The van der Waals surface area contributed by atoms with Crippen molar-refractivity contribution in [2.24, 2.45) is 11.7 Å². The van der Waals surface area contributed by atoms with E-state index >= 15 is 0 Å². The smallest absolute Gasteiger partial charge is 0.227 e. The predicted molar refractivity (Wildman–Crippen MR) is 193 cm³/mol. The highest BCUT2D eigenvalue weighted by Crippen LogP contribution is 2.34. The highest BCUT2D eigenvalue weighted by Gasteiger charge is 2.35. The van der Waals surface area contributed by atoms with Gasteiger partial charge in [0.25, 0.3) is 0 Å². The molecule has 2 fully saturated rings. The third kappa shape index (κ3) is 11.5. The second-order valence-corrected chi connectivity index (χ2v) is 13.6. The van der Waals surface area contributed by atoms with Crippen LogP contribution in [-0.2, 0) is 33.7 Å². The fourth-order valence-corrected chi connectivity index (χ4v) is 6.68. The average molecular weight is 715 g/mol. The average Bonchev–Trinajstić information content (AvgIpc) is 3.94. The van der Waals surface area contributed by atoms with E-state index in [4.69, 9.17) is 52.6 Å². The molecule has 1 saturated carbocycles. The van der Waals surface area contributed by atoms with E-state index in [1.165, 1.54) is 5.56 Å². The summed E-state index contributed by atoms with van der Waals surface area (Å²) in [7, 11) is 1.72. The molecule has 1 atom stereocenters. The van der Waals surface area contributed by atoms with E-state index in [1.807, 2.05) is 48.2 Å². The number of nitrogens with zero attached hydrogens (tertiary/aromatic N) is 2. The predicted octanol–water partition coefficient (Wildman–Crippen LogP) is 6.32. The number of benzene rings is 3. The molecule has 1 aliphatic carbocycles. The van der Waals surface area contributed by atoms with Crippen LogP contribution >= 0.6 is 23.2 Å². The van der Waals surface area contributed by atoms with Gasteiger partial charge in [-0.25, -0.2) is 0 Å². The fourth-order valence-electron chi connectivity index (χ4n) is 5.97. The third-order valence-corrected chi connectivity index (χ3v) is 9.32. The molecule has 1 unspecified atom stereocenters. The fraction of sp³-hybridized carbons (Fsp3) is 0.500.